The van der Waals surface area contributed by atoms with Crippen molar-refractivity contribution in [1.82, 2.24) is 5.32 Å². The lowest BCUT2D eigenvalue weighted by molar-refractivity contribution is -0.137. The van der Waals surface area contributed by atoms with Gasteiger partial charge in [0, 0.05) is 25.8 Å². The molecule has 4 heteroatoms. The van der Waals surface area contributed by atoms with E-state index in [1.165, 1.54) is 0 Å². The number of carbonyl (C=O) groups excluding carboxylic acids is 1. The molecule has 0 radical (unpaired) electrons. The Morgan fingerprint density at radius 3 is 2.44 bits per heavy atom. The largest absolute Gasteiger partial charge is 0.481 e. The van der Waals surface area contributed by atoms with Crippen molar-refractivity contribution >= 4 is 11.9 Å². The lowest BCUT2D eigenvalue weighted by Gasteiger charge is -2.03. The van der Waals surface area contributed by atoms with Crippen LogP contribution in [-0.4, -0.2) is 23.5 Å². The van der Waals surface area contributed by atoms with E-state index in [0.717, 1.165) is 19.3 Å². The summed E-state index contributed by atoms with van der Waals surface area (Å²) >= 11 is 0. The summed E-state index contributed by atoms with van der Waals surface area (Å²) in [6, 6.07) is 0. The molecule has 0 bridgehead atoms. The van der Waals surface area contributed by atoms with Crippen LogP contribution < -0.4 is 5.32 Å². The highest BCUT2D eigenvalue weighted by Gasteiger charge is 2.01. The molecular weight excluding hydrogens is 206 g/mol. The number of carboxylic acid groups (broad SMARTS) is 1. The molecule has 0 aromatic heterocycles. The molecule has 0 fully saturated rings. The Balaban J connectivity index is 3.25. The van der Waals surface area contributed by atoms with Gasteiger partial charge >= 0.3 is 5.97 Å². The van der Waals surface area contributed by atoms with Gasteiger partial charge in [-0.05, 0) is 25.7 Å². The molecule has 4 nitrogen and oxygen atoms in total. The van der Waals surface area contributed by atoms with Crippen molar-refractivity contribution in [2.75, 3.05) is 6.54 Å². The number of amides is 1. The molecular formula is C12H19NO3. The summed E-state index contributed by atoms with van der Waals surface area (Å²) in [6.07, 6.45) is 9.38. The van der Waals surface area contributed by atoms with Crippen LogP contribution in [0, 0.1) is 12.3 Å². The number of hydrogen-bond acceptors (Lipinski definition) is 2. The summed E-state index contributed by atoms with van der Waals surface area (Å²) in [5.74, 6) is 1.72. The van der Waals surface area contributed by atoms with E-state index in [-0.39, 0.29) is 12.3 Å². The fourth-order valence-corrected chi connectivity index (χ4v) is 1.23. The van der Waals surface area contributed by atoms with Gasteiger partial charge in [0.25, 0.3) is 0 Å². The highest BCUT2D eigenvalue weighted by molar-refractivity contribution is 5.75. The zero-order valence-electron chi connectivity index (χ0n) is 9.50. The molecule has 0 aliphatic carbocycles. The van der Waals surface area contributed by atoms with E-state index in [9.17, 15) is 9.59 Å². The summed E-state index contributed by atoms with van der Waals surface area (Å²) in [6.45, 7) is 0.652. The maximum Gasteiger partial charge on any atom is 0.303 e. The Hall–Kier alpha value is -1.50. The molecule has 0 atom stereocenters. The minimum atomic E-state index is -0.810. The molecule has 0 unspecified atom stereocenters. The summed E-state index contributed by atoms with van der Waals surface area (Å²) in [5.41, 5.74) is 0. The van der Waals surface area contributed by atoms with E-state index in [0.29, 0.717) is 25.8 Å². The van der Waals surface area contributed by atoms with Crippen LogP contribution in [0.25, 0.3) is 0 Å². The predicted octanol–water partition coefficient (Wildman–Crippen LogP) is 1.55. The standard InChI is InChI=1S/C12H19NO3/c1-2-3-4-7-10-13-11(14)8-5-6-9-12(15)16/h1H,3-10H2,(H,13,14)(H,15,16). The van der Waals surface area contributed by atoms with E-state index in [2.05, 4.69) is 11.2 Å². The van der Waals surface area contributed by atoms with Crippen LogP contribution in [0.15, 0.2) is 0 Å². The lowest BCUT2D eigenvalue weighted by Crippen LogP contribution is -2.23. The first-order chi connectivity index (χ1) is 7.66. The Morgan fingerprint density at radius 1 is 1.12 bits per heavy atom. The first-order valence-electron chi connectivity index (χ1n) is 5.58. The van der Waals surface area contributed by atoms with Crippen LogP contribution in [-0.2, 0) is 9.59 Å². The Bertz CT molecular complexity index is 255. The van der Waals surface area contributed by atoms with Gasteiger partial charge < -0.3 is 10.4 Å². The van der Waals surface area contributed by atoms with Crippen molar-refractivity contribution in [1.29, 1.82) is 0 Å². The summed E-state index contributed by atoms with van der Waals surface area (Å²) in [4.78, 5) is 21.4. The second kappa shape index (κ2) is 10.0. The molecule has 0 aliphatic heterocycles. The Kier molecular flexibility index (Phi) is 9.09. The van der Waals surface area contributed by atoms with Gasteiger partial charge in [-0.3, -0.25) is 9.59 Å². The highest BCUT2D eigenvalue weighted by Crippen LogP contribution is 1.99. The molecule has 0 aromatic rings. The normalized spacial score (nSPS) is 9.44. The van der Waals surface area contributed by atoms with Crippen molar-refractivity contribution in [3.8, 4) is 12.3 Å². The van der Waals surface area contributed by atoms with Crippen LogP contribution in [0.3, 0.4) is 0 Å². The number of rotatable bonds is 9. The Morgan fingerprint density at radius 2 is 1.81 bits per heavy atom. The summed E-state index contributed by atoms with van der Waals surface area (Å²) in [5, 5.41) is 11.2. The molecule has 0 spiro atoms. The number of nitrogens with one attached hydrogen (secondary N) is 1. The SMILES string of the molecule is C#CCCCCNC(=O)CCCCC(=O)O. The second-order valence-corrected chi connectivity index (χ2v) is 3.61. The molecule has 2 N–H and O–H groups in total. The number of carbonyl (C=O) groups is 2. The number of hydrogen-bond donors (Lipinski definition) is 2. The monoisotopic (exact) mass is 225 g/mol. The van der Waals surface area contributed by atoms with E-state index in [1.807, 2.05) is 0 Å². The summed E-state index contributed by atoms with van der Waals surface area (Å²) < 4.78 is 0. The first kappa shape index (κ1) is 14.5. The van der Waals surface area contributed by atoms with Crippen molar-refractivity contribution in [3.05, 3.63) is 0 Å². The lowest BCUT2D eigenvalue weighted by atomic mass is 10.2. The molecule has 0 saturated carbocycles. The molecule has 0 aliphatic rings. The van der Waals surface area contributed by atoms with Crippen molar-refractivity contribution in [2.24, 2.45) is 0 Å². The summed E-state index contributed by atoms with van der Waals surface area (Å²) in [7, 11) is 0. The molecule has 0 rings (SSSR count). The van der Waals surface area contributed by atoms with Gasteiger partial charge in [0.2, 0.25) is 5.91 Å². The van der Waals surface area contributed by atoms with Crippen LogP contribution in [0.4, 0.5) is 0 Å². The van der Waals surface area contributed by atoms with Gasteiger partial charge in [-0.1, -0.05) is 0 Å². The molecule has 0 heterocycles. The van der Waals surface area contributed by atoms with Crippen LogP contribution in [0.2, 0.25) is 0 Å². The minimum absolute atomic E-state index is 0.00824. The fraction of sp³-hybridized carbons (Fsp3) is 0.667. The zero-order valence-corrected chi connectivity index (χ0v) is 9.50. The molecule has 90 valence electrons. The average molecular weight is 225 g/mol. The van der Waals surface area contributed by atoms with Gasteiger partial charge in [-0.25, -0.2) is 0 Å². The average Bonchev–Trinajstić information content (AvgIpc) is 2.24. The van der Waals surface area contributed by atoms with Crippen molar-refractivity contribution < 1.29 is 14.7 Å². The molecule has 16 heavy (non-hydrogen) atoms. The van der Waals surface area contributed by atoms with E-state index >= 15 is 0 Å². The smallest absolute Gasteiger partial charge is 0.303 e. The second-order valence-electron chi connectivity index (χ2n) is 3.61. The first-order valence-corrected chi connectivity index (χ1v) is 5.58. The van der Waals surface area contributed by atoms with Crippen molar-refractivity contribution in [2.45, 2.75) is 44.9 Å². The zero-order chi connectivity index (χ0) is 12.2. The van der Waals surface area contributed by atoms with Crippen LogP contribution >= 0.6 is 0 Å². The predicted molar refractivity (Wildman–Crippen MR) is 61.8 cm³/mol. The number of carboxylic acids is 1. The topological polar surface area (TPSA) is 66.4 Å². The maximum absolute atomic E-state index is 11.2. The minimum Gasteiger partial charge on any atom is -0.481 e. The van der Waals surface area contributed by atoms with Gasteiger partial charge in [-0.2, -0.15) is 0 Å². The fourth-order valence-electron chi connectivity index (χ4n) is 1.23. The van der Waals surface area contributed by atoms with Crippen LogP contribution in [0.1, 0.15) is 44.9 Å². The van der Waals surface area contributed by atoms with Gasteiger partial charge in [-0.15, -0.1) is 12.3 Å². The molecule has 1 amide bonds. The van der Waals surface area contributed by atoms with Gasteiger partial charge in [0.15, 0.2) is 0 Å². The van der Waals surface area contributed by atoms with Crippen LogP contribution in [0.5, 0.6) is 0 Å². The maximum atomic E-state index is 11.2. The van der Waals surface area contributed by atoms with E-state index in [4.69, 9.17) is 11.5 Å². The third kappa shape index (κ3) is 10.6. The van der Waals surface area contributed by atoms with Gasteiger partial charge in [0.05, 0.1) is 0 Å². The molecule has 0 saturated heterocycles. The number of unbranched alkanes of at least 4 members (excludes halogenated alkanes) is 3. The third-order valence-corrected chi connectivity index (χ3v) is 2.11. The molecule has 0 aromatic carbocycles. The quantitative estimate of drug-likeness (QED) is 0.462. The number of aliphatic carboxylic acids is 1. The van der Waals surface area contributed by atoms with E-state index in [1.54, 1.807) is 0 Å². The van der Waals surface area contributed by atoms with Gasteiger partial charge in [0.1, 0.15) is 0 Å². The van der Waals surface area contributed by atoms with E-state index < -0.39 is 5.97 Å². The third-order valence-electron chi connectivity index (χ3n) is 2.11. The number of terminal acetylenes is 1. The van der Waals surface area contributed by atoms with Crippen molar-refractivity contribution in [3.63, 3.8) is 0 Å². The Labute approximate surface area is 96.4 Å². The highest BCUT2D eigenvalue weighted by atomic mass is 16.4.